The lowest BCUT2D eigenvalue weighted by molar-refractivity contribution is 0.0624. The van der Waals surface area contributed by atoms with E-state index in [1.165, 1.54) is 14.2 Å². The third-order valence-corrected chi connectivity index (χ3v) is 6.10. The minimum Gasteiger partial charge on any atom is -0.496 e. The molecule has 2 aliphatic rings. The van der Waals surface area contributed by atoms with Crippen molar-refractivity contribution in [1.82, 2.24) is 9.80 Å². The van der Waals surface area contributed by atoms with Crippen LogP contribution in [0.1, 0.15) is 52.6 Å². The number of carbonyl (C=O) groups excluding carboxylic acids is 4. The summed E-state index contributed by atoms with van der Waals surface area (Å²) in [6.07, 6.45) is 0. The van der Waals surface area contributed by atoms with Crippen LogP contribution in [0.2, 0.25) is 0 Å². The van der Waals surface area contributed by atoms with Crippen molar-refractivity contribution < 1.29 is 28.7 Å². The zero-order valence-electron chi connectivity index (χ0n) is 18.5. The first kappa shape index (κ1) is 21.4. The van der Waals surface area contributed by atoms with Crippen LogP contribution >= 0.6 is 0 Å². The predicted octanol–water partition coefficient (Wildman–Crippen LogP) is 3.30. The highest BCUT2D eigenvalue weighted by atomic mass is 16.5. The molecule has 5 rings (SSSR count). The van der Waals surface area contributed by atoms with Gasteiger partial charge in [0.25, 0.3) is 23.6 Å². The Hall–Kier alpha value is -4.46. The van der Waals surface area contributed by atoms with E-state index in [9.17, 15) is 19.2 Å². The van der Waals surface area contributed by atoms with Crippen molar-refractivity contribution >= 4 is 23.6 Å². The van der Waals surface area contributed by atoms with E-state index in [0.717, 1.165) is 9.80 Å². The molecule has 0 unspecified atom stereocenters. The fraction of sp³-hybridized carbons (Fsp3) is 0.154. The molecule has 0 aromatic heterocycles. The molecule has 170 valence electrons. The fourth-order valence-electron chi connectivity index (χ4n) is 4.38. The van der Waals surface area contributed by atoms with Gasteiger partial charge in [-0.25, -0.2) is 0 Å². The van der Waals surface area contributed by atoms with Crippen LogP contribution in [0.25, 0.3) is 0 Å². The van der Waals surface area contributed by atoms with Crippen LogP contribution in [0.3, 0.4) is 0 Å². The fourth-order valence-corrected chi connectivity index (χ4v) is 4.38. The number of rotatable bonds is 6. The summed E-state index contributed by atoms with van der Waals surface area (Å²) in [7, 11) is 2.94. The van der Waals surface area contributed by atoms with E-state index in [0.29, 0.717) is 44.9 Å². The second-order valence-corrected chi connectivity index (χ2v) is 7.96. The number of nitrogens with zero attached hydrogens (tertiary/aromatic N) is 2. The van der Waals surface area contributed by atoms with E-state index < -0.39 is 0 Å². The molecular weight excluding hydrogens is 436 g/mol. The zero-order valence-corrected chi connectivity index (χ0v) is 18.5. The second-order valence-electron chi connectivity index (χ2n) is 7.96. The molecule has 8 heteroatoms. The number of carbonyl (C=O) groups is 4. The van der Waals surface area contributed by atoms with Gasteiger partial charge in [0, 0.05) is 11.1 Å². The number of ether oxygens (including phenoxy) is 2. The zero-order chi connectivity index (χ0) is 24.0. The Morgan fingerprint density at radius 3 is 1.12 bits per heavy atom. The Bertz CT molecular complexity index is 1200. The number of hydrogen-bond donors (Lipinski definition) is 0. The maximum atomic E-state index is 12.8. The van der Waals surface area contributed by atoms with E-state index in [-0.39, 0.29) is 36.7 Å². The first-order valence-electron chi connectivity index (χ1n) is 10.6. The molecule has 0 radical (unpaired) electrons. The molecule has 3 aromatic carbocycles. The van der Waals surface area contributed by atoms with Gasteiger partial charge < -0.3 is 9.47 Å². The highest BCUT2D eigenvalue weighted by Gasteiger charge is 2.37. The SMILES string of the molecule is COc1cc(CN2C(=O)c3ccccc3C2=O)c(OC)cc1CN1C(=O)c2ccccc2C1=O. The van der Waals surface area contributed by atoms with Gasteiger partial charge in [-0.2, -0.15) is 0 Å². The molecule has 0 N–H and O–H groups in total. The van der Waals surface area contributed by atoms with Gasteiger partial charge >= 0.3 is 0 Å². The van der Waals surface area contributed by atoms with E-state index in [1.54, 1.807) is 60.7 Å². The Morgan fingerprint density at radius 1 is 0.559 bits per heavy atom. The Kier molecular flexibility index (Phi) is 5.13. The minimum atomic E-state index is -0.378. The van der Waals surface area contributed by atoms with E-state index in [2.05, 4.69) is 0 Å². The summed E-state index contributed by atoms with van der Waals surface area (Å²) in [6, 6.07) is 16.7. The number of hydrogen-bond acceptors (Lipinski definition) is 6. The average Bonchev–Trinajstić information content (AvgIpc) is 3.25. The molecule has 0 bridgehead atoms. The van der Waals surface area contributed by atoms with E-state index in [4.69, 9.17) is 9.47 Å². The molecule has 8 nitrogen and oxygen atoms in total. The molecular formula is C26H20N2O6. The lowest BCUT2D eigenvalue weighted by atomic mass is 10.1. The monoisotopic (exact) mass is 456 g/mol. The van der Waals surface area contributed by atoms with Crippen molar-refractivity contribution in [3.05, 3.63) is 94.0 Å². The van der Waals surface area contributed by atoms with Crippen LogP contribution in [0.15, 0.2) is 60.7 Å². The summed E-state index contributed by atoms with van der Waals surface area (Å²) in [5.41, 5.74) is 2.56. The van der Waals surface area contributed by atoms with Gasteiger partial charge in [-0.1, -0.05) is 24.3 Å². The number of fused-ring (bicyclic) bond motifs is 2. The van der Waals surface area contributed by atoms with Gasteiger partial charge in [0.2, 0.25) is 0 Å². The number of imide groups is 2. The highest BCUT2D eigenvalue weighted by Crippen LogP contribution is 2.34. The van der Waals surface area contributed by atoms with Crippen LogP contribution < -0.4 is 9.47 Å². The highest BCUT2D eigenvalue weighted by molar-refractivity contribution is 6.22. The predicted molar refractivity (Wildman–Crippen MR) is 121 cm³/mol. The van der Waals surface area contributed by atoms with Gasteiger partial charge in [-0.15, -0.1) is 0 Å². The molecule has 0 spiro atoms. The Morgan fingerprint density at radius 2 is 0.853 bits per heavy atom. The molecule has 3 aromatic rings. The van der Waals surface area contributed by atoms with Gasteiger partial charge in [0.05, 0.1) is 49.6 Å². The number of amides is 4. The Labute approximate surface area is 195 Å². The van der Waals surface area contributed by atoms with Gasteiger partial charge in [0.15, 0.2) is 0 Å². The molecule has 0 saturated carbocycles. The summed E-state index contributed by atoms with van der Waals surface area (Å²) in [5, 5.41) is 0. The van der Waals surface area contributed by atoms with Crippen LogP contribution in [-0.4, -0.2) is 47.6 Å². The summed E-state index contributed by atoms with van der Waals surface area (Å²) in [5.74, 6) is -0.699. The summed E-state index contributed by atoms with van der Waals surface area (Å²) in [4.78, 5) is 53.5. The van der Waals surface area contributed by atoms with Crippen LogP contribution in [-0.2, 0) is 13.1 Å². The molecule has 0 fully saturated rings. The van der Waals surface area contributed by atoms with E-state index >= 15 is 0 Å². The Balaban J connectivity index is 1.45. The maximum absolute atomic E-state index is 12.8. The molecule has 4 amide bonds. The van der Waals surface area contributed by atoms with Crippen LogP contribution in [0.4, 0.5) is 0 Å². The molecule has 34 heavy (non-hydrogen) atoms. The molecule has 0 saturated heterocycles. The first-order chi connectivity index (χ1) is 16.4. The van der Waals surface area contributed by atoms with Gasteiger partial charge in [0.1, 0.15) is 11.5 Å². The summed E-state index contributed by atoms with van der Waals surface area (Å²) < 4.78 is 11.1. The van der Waals surface area contributed by atoms with Crippen LogP contribution in [0.5, 0.6) is 11.5 Å². The van der Waals surface area contributed by atoms with Crippen molar-refractivity contribution in [2.75, 3.05) is 14.2 Å². The van der Waals surface area contributed by atoms with Crippen molar-refractivity contribution in [2.24, 2.45) is 0 Å². The maximum Gasteiger partial charge on any atom is 0.261 e. The molecule has 0 atom stereocenters. The van der Waals surface area contributed by atoms with Crippen molar-refractivity contribution in [2.45, 2.75) is 13.1 Å². The van der Waals surface area contributed by atoms with Gasteiger partial charge in [-0.05, 0) is 36.4 Å². The second kappa shape index (κ2) is 8.15. The number of benzene rings is 3. The van der Waals surface area contributed by atoms with Crippen molar-refractivity contribution in [3.8, 4) is 11.5 Å². The normalized spacial score (nSPS) is 14.5. The summed E-state index contributed by atoms with van der Waals surface area (Å²) >= 11 is 0. The molecule has 2 aliphatic heterocycles. The van der Waals surface area contributed by atoms with E-state index in [1.807, 2.05) is 0 Å². The van der Waals surface area contributed by atoms with Crippen molar-refractivity contribution in [3.63, 3.8) is 0 Å². The lowest BCUT2D eigenvalue weighted by Gasteiger charge is -2.21. The topological polar surface area (TPSA) is 93.2 Å². The van der Waals surface area contributed by atoms with Crippen molar-refractivity contribution in [1.29, 1.82) is 0 Å². The number of methoxy groups -OCH3 is 2. The standard InChI is InChI=1S/C26H20N2O6/c1-33-21-11-16(14-28-25(31)19-9-5-6-10-20(19)26(28)32)22(34-2)12-15(21)13-27-23(29)17-7-3-4-8-18(17)24(27)30/h3-12H,13-14H2,1-2H3. The van der Waals surface area contributed by atoms with Crippen LogP contribution in [0, 0.1) is 0 Å². The minimum absolute atomic E-state index is 0.0147. The van der Waals surface area contributed by atoms with Gasteiger partial charge in [-0.3, -0.25) is 29.0 Å². The third-order valence-electron chi connectivity index (χ3n) is 6.10. The first-order valence-corrected chi connectivity index (χ1v) is 10.6. The quantitative estimate of drug-likeness (QED) is 0.529. The lowest BCUT2D eigenvalue weighted by Crippen LogP contribution is -2.30. The summed E-state index contributed by atoms with van der Waals surface area (Å²) in [6.45, 7) is -0.0294. The third kappa shape index (κ3) is 3.23. The smallest absolute Gasteiger partial charge is 0.261 e. The average molecular weight is 456 g/mol. The molecule has 2 heterocycles. The largest absolute Gasteiger partial charge is 0.496 e. The molecule has 0 aliphatic carbocycles.